The van der Waals surface area contributed by atoms with Crippen LogP contribution in [0.1, 0.15) is 45.4 Å². The van der Waals surface area contributed by atoms with Crippen molar-refractivity contribution in [1.82, 2.24) is 4.98 Å². The smallest absolute Gasteiger partial charge is 0.311 e. The van der Waals surface area contributed by atoms with Gasteiger partial charge in [0.2, 0.25) is 5.82 Å². The lowest BCUT2D eigenvalue weighted by Crippen LogP contribution is -2.30. The first-order chi connectivity index (χ1) is 9.61. The molecule has 1 aliphatic rings. The van der Waals surface area contributed by atoms with Gasteiger partial charge in [-0.1, -0.05) is 26.2 Å². The van der Waals surface area contributed by atoms with Gasteiger partial charge in [-0.2, -0.15) is 0 Å². The lowest BCUT2D eigenvalue weighted by Gasteiger charge is -2.30. The van der Waals surface area contributed by atoms with Crippen LogP contribution in [0.3, 0.4) is 0 Å². The number of rotatable bonds is 5. The van der Waals surface area contributed by atoms with Gasteiger partial charge in [0, 0.05) is 12.1 Å². The first kappa shape index (κ1) is 14.6. The Balaban J connectivity index is 2.07. The van der Waals surface area contributed by atoms with Crippen molar-refractivity contribution in [2.45, 2.75) is 51.5 Å². The van der Waals surface area contributed by atoms with Gasteiger partial charge in [-0.3, -0.25) is 10.1 Å². The highest BCUT2D eigenvalue weighted by Gasteiger charge is 2.23. The molecule has 1 aliphatic carbocycles. The number of hydrogen-bond donors (Lipinski definition) is 2. The van der Waals surface area contributed by atoms with E-state index in [-0.39, 0.29) is 11.5 Å². The normalized spacial score (nSPS) is 17.6. The van der Waals surface area contributed by atoms with E-state index in [1.165, 1.54) is 38.2 Å². The average Bonchev–Trinajstić information content (AvgIpc) is 2.45. The highest BCUT2D eigenvalue weighted by Crippen LogP contribution is 2.30. The molecule has 20 heavy (non-hydrogen) atoms. The van der Waals surface area contributed by atoms with E-state index in [0.29, 0.717) is 17.8 Å². The maximum atomic E-state index is 10.7. The van der Waals surface area contributed by atoms with Crippen molar-refractivity contribution in [3.05, 3.63) is 22.2 Å². The summed E-state index contributed by atoms with van der Waals surface area (Å²) in [6.07, 6.45) is 7.41. The van der Waals surface area contributed by atoms with Crippen LogP contribution in [-0.2, 0) is 0 Å². The quantitative estimate of drug-likeness (QED) is 0.636. The molecule has 1 aromatic rings. The largest absolute Gasteiger partial charge is 0.378 e. The van der Waals surface area contributed by atoms with Gasteiger partial charge in [0.1, 0.15) is 5.82 Å². The molecule has 1 saturated carbocycles. The molecule has 1 aromatic heterocycles. The molecule has 0 bridgehead atoms. The van der Waals surface area contributed by atoms with Crippen LogP contribution >= 0.6 is 0 Å². The second-order valence-corrected chi connectivity index (χ2v) is 5.42. The number of anilines is 2. The number of nitrogens with two attached hydrogens (primary N) is 1. The molecule has 6 nitrogen and oxygen atoms in total. The molecule has 0 aromatic carbocycles. The zero-order valence-electron chi connectivity index (χ0n) is 11.8. The fourth-order valence-electron chi connectivity index (χ4n) is 2.98. The fourth-order valence-corrected chi connectivity index (χ4v) is 2.98. The van der Waals surface area contributed by atoms with E-state index in [0.717, 1.165) is 6.42 Å². The van der Waals surface area contributed by atoms with Crippen LogP contribution in [0.5, 0.6) is 0 Å². The van der Waals surface area contributed by atoms with Gasteiger partial charge in [0.25, 0.3) is 0 Å². The molecule has 1 atom stereocenters. The zero-order valence-corrected chi connectivity index (χ0v) is 11.8. The van der Waals surface area contributed by atoms with E-state index < -0.39 is 4.92 Å². The van der Waals surface area contributed by atoms with Crippen LogP contribution in [0, 0.1) is 16.0 Å². The van der Waals surface area contributed by atoms with Gasteiger partial charge in [-0.25, -0.2) is 4.98 Å². The third kappa shape index (κ3) is 3.37. The maximum absolute atomic E-state index is 10.7. The number of nitrogens with one attached hydrogen (secondary N) is 1. The summed E-state index contributed by atoms with van der Waals surface area (Å²) in [7, 11) is 0. The van der Waals surface area contributed by atoms with Gasteiger partial charge in [-0.15, -0.1) is 0 Å². The third-order valence-corrected chi connectivity index (χ3v) is 4.09. The van der Waals surface area contributed by atoms with Crippen molar-refractivity contribution in [2.75, 3.05) is 11.1 Å². The summed E-state index contributed by atoms with van der Waals surface area (Å²) in [6.45, 7) is 2.15. The molecule has 1 unspecified atom stereocenters. The monoisotopic (exact) mass is 278 g/mol. The number of nitro groups is 1. The van der Waals surface area contributed by atoms with Gasteiger partial charge in [0.15, 0.2) is 0 Å². The Labute approximate surface area is 118 Å². The lowest BCUT2D eigenvalue weighted by molar-refractivity contribution is -0.384. The topological polar surface area (TPSA) is 94.1 Å². The molecule has 2 rings (SSSR count). The van der Waals surface area contributed by atoms with E-state index >= 15 is 0 Å². The molecule has 0 saturated heterocycles. The molecule has 110 valence electrons. The van der Waals surface area contributed by atoms with Crippen molar-refractivity contribution >= 4 is 17.3 Å². The number of aromatic nitrogens is 1. The minimum atomic E-state index is -0.509. The summed E-state index contributed by atoms with van der Waals surface area (Å²) >= 11 is 0. The summed E-state index contributed by atoms with van der Waals surface area (Å²) in [5.74, 6) is 1.26. The summed E-state index contributed by atoms with van der Waals surface area (Å²) in [5, 5.41) is 14.1. The second-order valence-electron chi connectivity index (χ2n) is 5.42. The summed E-state index contributed by atoms with van der Waals surface area (Å²) in [6, 6.07) is 3.42. The number of pyridine rings is 1. The molecule has 6 heteroatoms. The van der Waals surface area contributed by atoms with Gasteiger partial charge >= 0.3 is 5.69 Å². The standard InChI is InChI=1S/C14H22N4O2/c1-2-11(10-6-4-3-5-7-10)16-13-9-8-12(18(19)20)14(15)17-13/h8-11H,2-7H2,1H3,(H3,15,16,17). The predicted molar refractivity (Wildman–Crippen MR) is 79.6 cm³/mol. The molecule has 0 amide bonds. The Hall–Kier alpha value is -1.85. The molecule has 1 fully saturated rings. The van der Waals surface area contributed by atoms with Crippen molar-refractivity contribution in [3.63, 3.8) is 0 Å². The number of hydrogen-bond acceptors (Lipinski definition) is 5. The summed E-state index contributed by atoms with van der Waals surface area (Å²) in [4.78, 5) is 14.3. The number of nitrogen functional groups attached to an aromatic ring is 1. The first-order valence-electron chi connectivity index (χ1n) is 7.29. The van der Waals surface area contributed by atoms with Gasteiger partial charge in [0.05, 0.1) is 4.92 Å². The number of nitrogens with zero attached hydrogens (tertiary/aromatic N) is 2. The second kappa shape index (κ2) is 6.54. The predicted octanol–water partition coefficient (Wildman–Crippen LogP) is 3.34. The van der Waals surface area contributed by atoms with Crippen LogP contribution in [0.15, 0.2) is 12.1 Å². The van der Waals surface area contributed by atoms with Gasteiger partial charge in [-0.05, 0) is 31.2 Å². The fraction of sp³-hybridized carbons (Fsp3) is 0.643. The van der Waals surface area contributed by atoms with E-state index in [1.54, 1.807) is 6.07 Å². The molecular weight excluding hydrogens is 256 g/mol. The Bertz CT molecular complexity index is 472. The Morgan fingerprint density at radius 2 is 2.15 bits per heavy atom. The Morgan fingerprint density at radius 1 is 1.45 bits per heavy atom. The SMILES string of the molecule is CCC(Nc1ccc([N+](=O)[O-])c(N)n1)C1CCCCC1. The van der Waals surface area contributed by atoms with E-state index in [2.05, 4.69) is 17.2 Å². The van der Waals surface area contributed by atoms with Crippen LogP contribution in [-0.4, -0.2) is 15.9 Å². The Morgan fingerprint density at radius 3 is 2.70 bits per heavy atom. The molecule has 0 aliphatic heterocycles. The van der Waals surface area contributed by atoms with E-state index in [9.17, 15) is 10.1 Å². The lowest BCUT2D eigenvalue weighted by atomic mass is 9.83. The Kier molecular flexibility index (Phi) is 4.76. The van der Waals surface area contributed by atoms with Gasteiger partial charge < -0.3 is 11.1 Å². The summed E-state index contributed by atoms with van der Waals surface area (Å²) in [5.41, 5.74) is 5.49. The summed E-state index contributed by atoms with van der Waals surface area (Å²) < 4.78 is 0. The first-order valence-corrected chi connectivity index (χ1v) is 7.29. The van der Waals surface area contributed by atoms with E-state index in [1.807, 2.05) is 0 Å². The van der Waals surface area contributed by atoms with Crippen LogP contribution in [0.25, 0.3) is 0 Å². The molecule has 3 N–H and O–H groups in total. The van der Waals surface area contributed by atoms with Crippen molar-refractivity contribution < 1.29 is 4.92 Å². The third-order valence-electron chi connectivity index (χ3n) is 4.09. The minimum absolute atomic E-state index is 0.0292. The van der Waals surface area contributed by atoms with Crippen molar-refractivity contribution in [3.8, 4) is 0 Å². The zero-order chi connectivity index (χ0) is 14.5. The van der Waals surface area contributed by atoms with Crippen LogP contribution < -0.4 is 11.1 Å². The molecular formula is C14H22N4O2. The molecule has 0 radical (unpaired) electrons. The van der Waals surface area contributed by atoms with Crippen molar-refractivity contribution in [1.29, 1.82) is 0 Å². The molecule has 0 spiro atoms. The van der Waals surface area contributed by atoms with Crippen LogP contribution in [0.2, 0.25) is 0 Å². The molecule has 1 heterocycles. The van der Waals surface area contributed by atoms with Crippen LogP contribution in [0.4, 0.5) is 17.3 Å². The average molecular weight is 278 g/mol. The van der Waals surface area contributed by atoms with E-state index in [4.69, 9.17) is 5.73 Å². The van der Waals surface area contributed by atoms with Crippen molar-refractivity contribution in [2.24, 2.45) is 5.92 Å². The highest BCUT2D eigenvalue weighted by molar-refractivity contribution is 5.57. The maximum Gasteiger partial charge on any atom is 0.311 e. The minimum Gasteiger partial charge on any atom is -0.378 e. The highest BCUT2D eigenvalue weighted by atomic mass is 16.6.